The van der Waals surface area contributed by atoms with Crippen molar-refractivity contribution in [3.05, 3.63) is 59.7 Å². The van der Waals surface area contributed by atoms with Crippen molar-refractivity contribution >= 4 is 18.0 Å². The molecule has 1 aliphatic carbocycles. The Bertz CT molecular complexity index is 1010. The van der Waals surface area contributed by atoms with Gasteiger partial charge in [-0.15, -0.1) is 0 Å². The number of aliphatic carboxylic acids is 1. The van der Waals surface area contributed by atoms with E-state index in [9.17, 15) is 24.6 Å². The maximum atomic E-state index is 12.5. The van der Waals surface area contributed by atoms with E-state index < -0.39 is 35.5 Å². The van der Waals surface area contributed by atoms with Crippen molar-refractivity contribution < 1.29 is 29.3 Å². The van der Waals surface area contributed by atoms with Crippen LogP contribution in [0.5, 0.6) is 0 Å². The molecule has 176 valence electrons. The molecule has 4 N–H and O–H groups in total. The quantitative estimate of drug-likeness (QED) is 0.462. The highest BCUT2D eigenvalue weighted by Crippen LogP contribution is 2.44. The zero-order valence-electron chi connectivity index (χ0n) is 19.1. The number of aliphatic hydroxyl groups is 1. The van der Waals surface area contributed by atoms with Crippen molar-refractivity contribution in [2.24, 2.45) is 5.41 Å². The van der Waals surface area contributed by atoms with Gasteiger partial charge in [0.25, 0.3) is 0 Å². The second kappa shape index (κ2) is 9.62. The molecule has 2 amide bonds. The summed E-state index contributed by atoms with van der Waals surface area (Å²) in [7, 11) is 0. The van der Waals surface area contributed by atoms with Gasteiger partial charge >= 0.3 is 12.1 Å². The Kier molecular flexibility index (Phi) is 7.07. The predicted octanol–water partition coefficient (Wildman–Crippen LogP) is 2.89. The van der Waals surface area contributed by atoms with E-state index in [1.54, 1.807) is 13.8 Å². The van der Waals surface area contributed by atoms with Gasteiger partial charge in [-0.1, -0.05) is 62.4 Å². The summed E-state index contributed by atoms with van der Waals surface area (Å²) >= 11 is 0. The molecule has 8 heteroatoms. The fourth-order valence-corrected chi connectivity index (χ4v) is 3.82. The van der Waals surface area contributed by atoms with E-state index in [1.807, 2.05) is 36.4 Å². The minimum absolute atomic E-state index is 0.0439. The average molecular weight is 455 g/mol. The largest absolute Gasteiger partial charge is 0.479 e. The van der Waals surface area contributed by atoms with Crippen molar-refractivity contribution in [1.82, 2.24) is 10.6 Å². The lowest BCUT2D eigenvalue weighted by Gasteiger charge is -2.30. The maximum Gasteiger partial charge on any atom is 0.407 e. The van der Waals surface area contributed by atoms with Gasteiger partial charge in [0.05, 0.1) is 6.61 Å². The Hall–Kier alpha value is -3.39. The molecule has 0 saturated heterocycles. The minimum atomic E-state index is -1.77. The summed E-state index contributed by atoms with van der Waals surface area (Å²) in [5, 5.41) is 23.6. The van der Waals surface area contributed by atoms with E-state index in [-0.39, 0.29) is 25.5 Å². The van der Waals surface area contributed by atoms with Gasteiger partial charge in [-0.2, -0.15) is 0 Å². The van der Waals surface area contributed by atoms with E-state index in [0.717, 1.165) is 22.3 Å². The Morgan fingerprint density at radius 1 is 0.970 bits per heavy atom. The van der Waals surface area contributed by atoms with Crippen molar-refractivity contribution in [3.8, 4) is 11.1 Å². The smallest absolute Gasteiger partial charge is 0.407 e. The maximum absolute atomic E-state index is 12.5. The molecule has 0 fully saturated rings. The van der Waals surface area contributed by atoms with Crippen molar-refractivity contribution in [3.63, 3.8) is 0 Å². The van der Waals surface area contributed by atoms with E-state index in [1.165, 1.54) is 6.92 Å². The van der Waals surface area contributed by atoms with E-state index in [2.05, 4.69) is 22.8 Å². The number of rotatable bonds is 9. The minimum Gasteiger partial charge on any atom is -0.479 e. The van der Waals surface area contributed by atoms with Gasteiger partial charge in [-0.3, -0.25) is 4.79 Å². The summed E-state index contributed by atoms with van der Waals surface area (Å²) in [5.41, 5.74) is 1.79. The Labute approximate surface area is 193 Å². The Morgan fingerprint density at radius 2 is 1.52 bits per heavy atom. The summed E-state index contributed by atoms with van der Waals surface area (Å²) in [6.07, 6.45) is -0.330. The van der Waals surface area contributed by atoms with E-state index in [0.29, 0.717) is 0 Å². The number of hydrogen-bond donors (Lipinski definition) is 4. The number of alkyl carbamates (subject to hydrolysis) is 1. The summed E-state index contributed by atoms with van der Waals surface area (Å²) in [4.78, 5) is 36.1. The molecule has 0 bridgehead atoms. The first-order valence-corrected chi connectivity index (χ1v) is 10.8. The molecule has 0 spiro atoms. The number of carboxylic acids is 1. The highest BCUT2D eigenvalue weighted by Gasteiger charge is 2.38. The van der Waals surface area contributed by atoms with Crippen LogP contribution in [-0.2, 0) is 14.3 Å². The number of carbonyl (C=O) groups excluding carboxylic acids is 2. The second-order valence-corrected chi connectivity index (χ2v) is 9.14. The highest BCUT2D eigenvalue weighted by atomic mass is 16.5. The molecule has 3 rings (SSSR count). The fourth-order valence-electron chi connectivity index (χ4n) is 3.82. The number of aliphatic hydroxyl groups excluding tert-OH is 1. The van der Waals surface area contributed by atoms with Gasteiger partial charge in [-0.25, -0.2) is 9.59 Å². The lowest BCUT2D eigenvalue weighted by atomic mass is 9.87. The third kappa shape index (κ3) is 5.17. The van der Waals surface area contributed by atoms with E-state index >= 15 is 0 Å². The third-order valence-corrected chi connectivity index (χ3v) is 6.16. The number of fused-ring (bicyclic) bond motifs is 3. The summed E-state index contributed by atoms with van der Waals surface area (Å²) in [6, 6.07) is 16.1. The molecule has 0 aliphatic heterocycles. The summed E-state index contributed by atoms with van der Waals surface area (Å²) in [6.45, 7) is 4.14. The van der Waals surface area contributed by atoms with Gasteiger partial charge in [0, 0.05) is 17.9 Å². The molecular formula is C25H30N2O6. The molecular weight excluding hydrogens is 424 g/mol. The molecule has 1 aliphatic rings. The van der Waals surface area contributed by atoms with Gasteiger partial charge in [0.15, 0.2) is 5.54 Å². The van der Waals surface area contributed by atoms with Crippen LogP contribution in [0.2, 0.25) is 0 Å². The molecule has 0 saturated carbocycles. The average Bonchev–Trinajstić information content (AvgIpc) is 3.11. The number of nitrogens with one attached hydrogen (secondary N) is 2. The highest BCUT2D eigenvalue weighted by molar-refractivity contribution is 5.89. The van der Waals surface area contributed by atoms with E-state index in [4.69, 9.17) is 4.74 Å². The van der Waals surface area contributed by atoms with Crippen LogP contribution in [0.4, 0.5) is 4.79 Å². The van der Waals surface area contributed by atoms with Crippen LogP contribution in [-0.4, -0.2) is 53.5 Å². The monoisotopic (exact) mass is 454 g/mol. The number of ether oxygens (including phenoxy) is 1. The first-order valence-electron chi connectivity index (χ1n) is 10.8. The number of carbonyl (C=O) groups is 3. The first-order chi connectivity index (χ1) is 15.6. The number of amides is 2. The Morgan fingerprint density at radius 3 is 2.03 bits per heavy atom. The van der Waals surface area contributed by atoms with Crippen LogP contribution in [0.25, 0.3) is 11.1 Å². The first kappa shape index (κ1) is 24.3. The van der Waals surface area contributed by atoms with Crippen LogP contribution < -0.4 is 10.6 Å². The molecule has 8 nitrogen and oxygen atoms in total. The normalized spacial score (nSPS) is 14.5. The second-order valence-electron chi connectivity index (χ2n) is 9.14. The van der Waals surface area contributed by atoms with Crippen molar-refractivity contribution in [2.45, 2.75) is 38.6 Å². The fraction of sp³-hybridized carbons (Fsp3) is 0.400. The van der Waals surface area contributed by atoms with Crippen molar-refractivity contribution in [2.75, 3.05) is 19.8 Å². The molecule has 2 aromatic rings. The molecule has 0 aromatic heterocycles. The standard InChI is InChI=1S/C25H30N2O6/c1-24(2,21(29)27-25(3,15-28)22(30)31)12-13-26-23(32)33-14-20-18-10-6-4-8-16(18)17-9-5-7-11-19(17)20/h4-11,20,28H,12-15H2,1-3H3,(H,26,32)(H,27,29)(H,30,31). The molecule has 1 unspecified atom stereocenters. The number of carboxylic acid groups (broad SMARTS) is 1. The number of benzene rings is 2. The molecule has 33 heavy (non-hydrogen) atoms. The van der Waals surface area contributed by atoms with Gasteiger partial charge < -0.3 is 25.6 Å². The van der Waals surface area contributed by atoms with Crippen LogP contribution >= 0.6 is 0 Å². The topological polar surface area (TPSA) is 125 Å². The number of hydrogen-bond acceptors (Lipinski definition) is 5. The lowest BCUT2D eigenvalue weighted by molar-refractivity contribution is -0.150. The zero-order chi connectivity index (χ0) is 24.2. The predicted molar refractivity (Wildman–Crippen MR) is 123 cm³/mol. The van der Waals surface area contributed by atoms with Gasteiger partial charge in [0.1, 0.15) is 6.61 Å². The SMILES string of the molecule is CC(C)(CCNC(=O)OCC1c2ccccc2-c2ccccc21)C(=O)NC(C)(CO)C(=O)O. The van der Waals surface area contributed by atoms with Crippen LogP contribution in [0.3, 0.4) is 0 Å². The molecule has 0 heterocycles. The zero-order valence-corrected chi connectivity index (χ0v) is 19.1. The van der Waals surface area contributed by atoms with Crippen molar-refractivity contribution in [1.29, 1.82) is 0 Å². The Balaban J connectivity index is 1.52. The van der Waals surface area contributed by atoms with Crippen LogP contribution in [0.1, 0.15) is 44.2 Å². The van der Waals surface area contributed by atoms with Crippen LogP contribution in [0, 0.1) is 5.41 Å². The molecule has 0 radical (unpaired) electrons. The molecule has 1 atom stereocenters. The third-order valence-electron chi connectivity index (χ3n) is 6.16. The van der Waals surface area contributed by atoms with Gasteiger partial charge in [-0.05, 0) is 35.6 Å². The van der Waals surface area contributed by atoms with Crippen LogP contribution in [0.15, 0.2) is 48.5 Å². The lowest BCUT2D eigenvalue weighted by Crippen LogP contribution is -2.58. The molecule has 2 aromatic carbocycles. The summed E-state index contributed by atoms with van der Waals surface area (Å²) < 4.78 is 5.48. The summed E-state index contributed by atoms with van der Waals surface area (Å²) in [5.74, 6) is -1.90. The van der Waals surface area contributed by atoms with Gasteiger partial charge in [0.2, 0.25) is 5.91 Å².